The largest absolute Gasteiger partial charge is 0.363 e. The van der Waals surface area contributed by atoms with Crippen molar-refractivity contribution in [3.05, 3.63) is 57.7 Å². The van der Waals surface area contributed by atoms with Crippen LogP contribution in [0.2, 0.25) is 0 Å². The van der Waals surface area contributed by atoms with E-state index >= 15 is 0 Å². The molecule has 0 saturated heterocycles. The zero-order chi connectivity index (χ0) is 13.8. The summed E-state index contributed by atoms with van der Waals surface area (Å²) in [4.78, 5) is 3.88. The molecule has 19 heavy (non-hydrogen) atoms. The van der Waals surface area contributed by atoms with Gasteiger partial charge in [-0.2, -0.15) is 0 Å². The molecule has 0 spiro atoms. The van der Waals surface area contributed by atoms with E-state index in [0.717, 1.165) is 0 Å². The minimum Gasteiger partial charge on any atom is -0.363 e. The van der Waals surface area contributed by atoms with E-state index in [-0.39, 0.29) is 24.7 Å². The number of aromatic nitrogens is 1. The smallest absolute Gasteiger partial charge is 0.166 e. The molecule has 0 radical (unpaired) electrons. The van der Waals surface area contributed by atoms with Crippen LogP contribution in [0.5, 0.6) is 0 Å². The zero-order valence-electron chi connectivity index (χ0n) is 9.96. The van der Waals surface area contributed by atoms with Gasteiger partial charge in [-0.15, -0.1) is 0 Å². The summed E-state index contributed by atoms with van der Waals surface area (Å²) in [5, 5.41) is 2.76. The molecule has 0 saturated carbocycles. The van der Waals surface area contributed by atoms with Gasteiger partial charge in [0.1, 0.15) is 5.82 Å². The molecule has 0 bridgehead atoms. The van der Waals surface area contributed by atoms with Crippen molar-refractivity contribution in [3.8, 4) is 0 Å². The van der Waals surface area contributed by atoms with Crippen LogP contribution in [0, 0.1) is 11.6 Å². The molecule has 0 aliphatic heterocycles. The molecule has 2 aromatic rings. The van der Waals surface area contributed by atoms with Crippen molar-refractivity contribution in [2.45, 2.75) is 13.1 Å². The normalized spacial score (nSPS) is 10.5. The lowest BCUT2D eigenvalue weighted by molar-refractivity contribution is 0.606. The molecule has 0 atom stereocenters. The molecule has 0 fully saturated rings. The van der Waals surface area contributed by atoms with E-state index < -0.39 is 5.82 Å². The minimum absolute atomic E-state index is 0.0884. The fourth-order valence-corrected chi connectivity index (χ4v) is 1.89. The third-order valence-corrected chi connectivity index (χ3v) is 3.04. The molecule has 3 N–H and O–H groups in total. The number of nitrogens with one attached hydrogen (secondary N) is 1. The molecule has 0 amide bonds. The van der Waals surface area contributed by atoms with E-state index in [9.17, 15) is 8.78 Å². The number of anilines is 1. The van der Waals surface area contributed by atoms with Crippen molar-refractivity contribution in [2.24, 2.45) is 5.73 Å². The number of rotatable bonds is 4. The van der Waals surface area contributed by atoms with Gasteiger partial charge in [0, 0.05) is 29.3 Å². The van der Waals surface area contributed by atoms with E-state index in [1.807, 2.05) is 0 Å². The Morgan fingerprint density at radius 2 is 2.00 bits per heavy atom. The van der Waals surface area contributed by atoms with Gasteiger partial charge < -0.3 is 11.1 Å². The van der Waals surface area contributed by atoms with Gasteiger partial charge in [-0.25, -0.2) is 13.8 Å². The summed E-state index contributed by atoms with van der Waals surface area (Å²) < 4.78 is 27.7. The summed E-state index contributed by atoms with van der Waals surface area (Å²) in [6.45, 7) is 0.440. The van der Waals surface area contributed by atoms with Crippen molar-refractivity contribution in [1.82, 2.24) is 4.98 Å². The Hall–Kier alpha value is -1.53. The van der Waals surface area contributed by atoms with Crippen LogP contribution in [0.4, 0.5) is 14.6 Å². The zero-order valence-corrected chi connectivity index (χ0v) is 11.5. The maximum absolute atomic E-state index is 13.7. The molecular formula is C13H12BrF2N3. The fourth-order valence-electron chi connectivity index (χ4n) is 1.58. The Labute approximate surface area is 118 Å². The maximum Gasteiger partial charge on any atom is 0.166 e. The number of hydrogen-bond acceptors (Lipinski definition) is 3. The van der Waals surface area contributed by atoms with Crippen LogP contribution in [0.3, 0.4) is 0 Å². The lowest BCUT2D eigenvalue weighted by Gasteiger charge is -2.08. The summed E-state index contributed by atoms with van der Waals surface area (Å²) in [5.74, 6) is -0.771. The summed E-state index contributed by atoms with van der Waals surface area (Å²) in [5.41, 5.74) is 6.57. The van der Waals surface area contributed by atoms with E-state index in [2.05, 4.69) is 26.2 Å². The van der Waals surface area contributed by atoms with Crippen molar-refractivity contribution >= 4 is 21.7 Å². The van der Waals surface area contributed by atoms with Gasteiger partial charge in [0.05, 0.1) is 0 Å². The highest BCUT2D eigenvalue weighted by atomic mass is 79.9. The summed E-state index contributed by atoms with van der Waals surface area (Å²) in [6.07, 6.45) is 1.47. The van der Waals surface area contributed by atoms with Crippen molar-refractivity contribution in [1.29, 1.82) is 0 Å². The maximum atomic E-state index is 13.7. The molecule has 6 heteroatoms. The van der Waals surface area contributed by atoms with E-state index in [1.165, 1.54) is 18.3 Å². The van der Waals surface area contributed by atoms with E-state index in [1.54, 1.807) is 12.1 Å². The standard InChI is InChI=1S/C13H12BrF2N3/c14-10-4-12(16)13(19-7-10)18-6-9-2-1-8(5-17)3-11(9)15/h1-4,7H,5-6,17H2,(H,18,19). The number of hydrogen-bond donors (Lipinski definition) is 2. The van der Waals surface area contributed by atoms with Crippen molar-refractivity contribution < 1.29 is 8.78 Å². The number of nitrogens with zero attached hydrogens (tertiary/aromatic N) is 1. The first-order valence-electron chi connectivity index (χ1n) is 5.62. The van der Waals surface area contributed by atoms with Gasteiger partial charge in [-0.05, 0) is 33.6 Å². The molecule has 0 aliphatic rings. The Bertz CT molecular complexity index is 590. The average Bonchev–Trinajstić information content (AvgIpc) is 2.39. The second-order valence-electron chi connectivity index (χ2n) is 3.97. The van der Waals surface area contributed by atoms with Gasteiger partial charge in [0.2, 0.25) is 0 Å². The first kappa shape index (κ1) is 13.9. The fraction of sp³-hybridized carbons (Fsp3) is 0.154. The highest BCUT2D eigenvalue weighted by molar-refractivity contribution is 9.10. The summed E-state index contributed by atoms with van der Waals surface area (Å²) in [7, 11) is 0. The Morgan fingerprint density at radius 3 is 2.63 bits per heavy atom. The molecule has 1 heterocycles. The minimum atomic E-state index is -0.492. The van der Waals surface area contributed by atoms with E-state index in [4.69, 9.17) is 5.73 Å². The van der Waals surface area contributed by atoms with Crippen LogP contribution < -0.4 is 11.1 Å². The molecule has 2 rings (SSSR count). The number of halogens is 3. The van der Waals surface area contributed by atoms with Crippen LogP contribution >= 0.6 is 15.9 Å². The molecule has 3 nitrogen and oxygen atoms in total. The molecule has 0 aliphatic carbocycles. The Balaban J connectivity index is 2.10. The second-order valence-corrected chi connectivity index (χ2v) is 4.88. The lowest BCUT2D eigenvalue weighted by Crippen LogP contribution is -2.06. The first-order valence-corrected chi connectivity index (χ1v) is 6.41. The summed E-state index contributed by atoms with van der Waals surface area (Å²) in [6, 6.07) is 6.04. The lowest BCUT2D eigenvalue weighted by atomic mass is 10.1. The Morgan fingerprint density at radius 1 is 1.21 bits per heavy atom. The number of benzene rings is 1. The van der Waals surface area contributed by atoms with E-state index in [0.29, 0.717) is 15.6 Å². The quantitative estimate of drug-likeness (QED) is 0.906. The van der Waals surface area contributed by atoms with Crippen LogP contribution in [0.25, 0.3) is 0 Å². The SMILES string of the molecule is NCc1ccc(CNc2ncc(Br)cc2F)c(F)c1. The van der Waals surface area contributed by atoms with Crippen LogP contribution in [-0.4, -0.2) is 4.98 Å². The van der Waals surface area contributed by atoms with Crippen LogP contribution in [0.1, 0.15) is 11.1 Å². The van der Waals surface area contributed by atoms with Gasteiger partial charge in [0.25, 0.3) is 0 Å². The molecule has 1 aromatic carbocycles. The van der Waals surface area contributed by atoms with Crippen molar-refractivity contribution in [3.63, 3.8) is 0 Å². The third kappa shape index (κ3) is 3.48. The van der Waals surface area contributed by atoms with Gasteiger partial charge >= 0.3 is 0 Å². The van der Waals surface area contributed by atoms with Gasteiger partial charge in [0.15, 0.2) is 11.6 Å². The molecule has 0 unspecified atom stereocenters. The monoisotopic (exact) mass is 327 g/mol. The second kappa shape index (κ2) is 6.08. The Kier molecular flexibility index (Phi) is 4.44. The van der Waals surface area contributed by atoms with Crippen molar-refractivity contribution in [2.75, 3.05) is 5.32 Å². The van der Waals surface area contributed by atoms with Crippen LogP contribution in [-0.2, 0) is 13.1 Å². The molecular weight excluding hydrogens is 316 g/mol. The predicted molar refractivity (Wildman–Crippen MR) is 73.5 cm³/mol. The van der Waals surface area contributed by atoms with Gasteiger partial charge in [-0.1, -0.05) is 12.1 Å². The summed E-state index contributed by atoms with van der Waals surface area (Å²) >= 11 is 3.12. The molecule has 1 aromatic heterocycles. The number of pyridine rings is 1. The first-order chi connectivity index (χ1) is 9.10. The van der Waals surface area contributed by atoms with Gasteiger partial charge in [-0.3, -0.25) is 0 Å². The number of nitrogens with two attached hydrogens (primary N) is 1. The highest BCUT2D eigenvalue weighted by Gasteiger charge is 2.07. The molecule has 100 valence electrons. The predicted octanol–water partition coefficient (Wildman–Crippen LogP) is 3.19. The highest BCUT2D eigenvalue weighted by Crippen LogP contribution is 2.18. The van der Waals surface area contributed by atoms with Crippen LogP contribution in [0.15, 0.2) is 34.9 Å². The topological polar surface area (TPSA) is 50.9 Å². The average molecular weight is 328 g/mol. The third-order valence-electron chi connectivity index (χ3n) is 2.61.